The molecule has 22 heavy (non-hydrogen) atoms. The lowest BCUT2D eigenvalue weighted by molar-refractivity contribution is 0.0723. The first-order valence-corrected chi connectivity index (χ1v) is 7.87. The van der Waals surface area contributed by atoms with Crippen molar-refractivity contribution in [2.45, 2.75) is 25.4 Å². The number of carbonyl (C=O) groups excluding carboxylic acids is 1. The molecule has 1 atom stereocenters. The minimum Gasteiger partial charge on any atom is -0.331 e. The van der Waals surface area contributed by atoms with Gasteiger partial charge in [0.2, 0.25) is 0 Å². The average Bonchev–Trinajstić information content (AvgIpc) is 3.21. The van der Waals surface area contributed by atoms with Crippen molar-refractivity contribution in [1.29, 1.82) is 0 Å². The van der Waals surface area contributed by atoms with Crippen LogP contribution in [0.5, 0.6) is 0 Å². The standard InChI is InChI=1S/C16H19ClN4O/c17-14-6-2-1-4-12(14)10-21(11-13-5-3-8-18-13)16(22)15-7-9-19-20-15/h1-2,4,6-7,9,13,18H,3,5,8,10-11H2,(H,19,20). The average molecular weight is 319 g/mol. The SMILES string of the molecule is O=C(c1ccn[nH]1)N(Cc1ccccc1Cl)CC1CCCN1. The van der Waals surface area contributed by atoms with Crippen LogP contribution in [-0.2, 0) is 6.54 Å². The van der Waals surface area contributed by atoms with Crippen molar-refractivity contribution in [2.75, 3.05) is 13.1 Å². The number of aromatic nitrogens is 2. The van der Waals surface area contributed by atoms with E-state index in [1.807, 2.05) is 29.2 Å². The van der Waals surface area contributed by atoms with Crippen LogP contribution in [-0.4, -0.2) is 40.1 Å². The fourth-order valence-electron chi connectivity index (χ4n) is 2.78. The molecule has 1 fully saturated rings. The van der Waals surface area contributed by atoms with E-state index in [4.69, 9.17) is 11.6 Å². The largest absolute Gasteiger partial charge is 0.331 e. The summed E-state index contributed by atoms with van der Waals surface area (Å²) in [5.74, 6) is -0.0499. The van der Waals surface area contributed by atoms with Gasteiger partial charge < -0.3 is 10.2 Å². The molecule has 1 aliphatic rings. The zero-order valence-electron chi connectivity index (χ0n) is 12.3. The summed E-state index contributed by atoms with van der Waals surface area (Å²) in [6.45, 7) is 2.18. The highest BCUT2D eigenvalue weighted by molar-refractivity contribution is 6.31. The first kappa shape index (κ1) is 15.1. The van der Waals surface area contributed by atoms with Crippen LogP contribution in [0, 0.1) is 0 Å². The van der Waals surface area contributed by atoms with Crippen LogP contribution in [0.25, 0.3) is 0 Å². The van der Waals surface area contributed by atoms with Gasteiger partial charge in [0.25, 0.3) is 5.91 Å². The number of aromatic amines is 1. The van der Waals surface area contributed by atoms with Crippen LogP contribution in [0.4, 0.5) is 0 Å². The topological polar surface area (TPSA) is 61.0 Å². The third-order valence-corrected chi connectivity index (χ3v) is 4.31. The lowest BCUT2D eigenvalue weighted by Gasteiger charge is -2.26. The van der Waals surface area contributed by atoms with E-state index in [9.17, 15) is 4.79 Å². The molecule has 0 bridgehead atoms. The van der Waals surface area contributed by atoms with Gasteiger partial charge in [-0.1, -0.05) is 29.8 Å². The Morgan fingerprint density at radius 3 is 2.91 bits per heavy atom. The molecule has 116 valence electrons. The Morgan fingerprint density at radius 1 is 1.36 bits per heavy atom. The van der Waals surface area contributed by atoms with Crippen LogP contribution in [0.15, 0.2) is 36.5 Å². The number of halogens is 1. The molecule has 1 saturated heterocycles. The second-order valence-corrected chi connectivity index (χ2v) is 5.95. The smallest absolute Gasteiger partial charge is 0.272 e. The molecule has 2 aromatic rings. The van der Waals surface area contributed by atoms with Gasteiger partial charge in [-0.3, -0.25) is 9.89 Å². The van der Waals surface area contributed by atoms with Gasteiger partial charge >= 0.3 is 0 Å². The molecule has 0 spiro atoms. The first-order valence-electron chi connectivity index (χ1n) is 7.49. The van der Waals surface area contributed by atoms with Crippen molar-refractivity contribution >= 4 is 17.5 Å². The maximum absolute atomic E-state index is 12.7. The summed E-state index contributed by atoms with van der Waals surface area (Å²) in [7, 11) is 0. The van der Waals surface area contributed by atoms with E-state index in [0.29, 0.717) is 29.8 Å². The van der Waals surface area contributed by atoms with E-state index in [1.165, 1.54) is 0 Å². The van der Waals surface area contributed by atoms with Crippen LogP contribution >= 0.6 is 11.6 Å². The van der Waals surface area contributed by atoms with Gasteiger partial charge in [-0.15, -0.1) is 0 Å². The van der Waals surface area contributed by atoms with Crippen molar-refractivity contribution < 1.29 is 4.79 Å². The molecule has 0 radical (unpaired) electrons. The Hall–Kier alpha value is -1.85. The highest BCUT2D eigenvalue weighted by Gasteiger charge is 2.23. The molecule has 1 amide bonds. The molecule has 1 aliphatic heterocycles. The van der Waals surface area contributed by atoms with Gasteiger partial charge in [0.05, 0.1) is 0 Å². The van der Waals surface area contributed by atoms with Crippen molar-refractivity contribution in [1.82, 2.24) is 20.4 Å². The summed E-state index contributed by atoms with van der Waals surface area (Å²) in [6, 6.07) is 9.68. The quantitative estimate of drug-likeness (QED) is 0.890. The summed E-state index contributed by atoms with van der Waals surface area (Å²) in [5.41, 5.74) is 1.46. The van der Waals surface area contributed by atoms with Gasteiger partial charge in [-0.25, -0.2) is 0 Å². The Kier molecular flexibility index (Phi) is 4.75. The van der Waals surface area contributed by atoms with E-state index in [2.05, 4.69) is 15.5 Å². The highest BCUT2D eigenvalue weighted by atomic mass is 35.5. The molecule has 5 nitrogen and oxygen atoms in total. The summed E-state index contributed by atoms with van der Waals surface area (Å²) in [5, 5.41) is 10.7. The number of nitrogens with zero attached hydrogens (tertiary/aromatic N) is 2. The molecule has 6 heteroatoms. The van der Waals surface area contributed by atoms with Gasteiger partial charge in [0.15, 0.2) is 0 Å². The number of hydrogen-bond donors (Lipinski definition) is 2. The summed E-state index contributed by atoms with van der Waals surface area (Å²) in [6.07, 6.45) is 3.84. The summed E-state index contributed by atoms with van der Waals surface area (Å²) >= 11 is 6.24. The molecule has 2 heterocycles. The third-order valence-electron chi connectivity index (χ3n) is 3.94. The molecule has 2 N–H and O–H groups in total. The monoisotopic (exact) mass is 318 g/mol. The molecule has 0 aliphatic carbocycles. The summed E-state index contributed by atoms with van der Waals surface area (Å²) < 4.78 is 0. The van der Waals surface area contributed by atoms with Crippen LogP contribution < -0.4 is 5.32 Å². The molecule has 3 rings (SSSR count). The fourth-order valence-corrected chi connectivity index (χ4v) is 2.97. The summed E-state index contributed by atoms with van der Waals surface area (Å²) in [4.78, 5) is 14.5. The number of nitrogens with one attached hydrogen (secondary N) is 2. The van der Waals surface area contributed by atoms with Crippen molar-refractivity contribution in [3.8, 4) is 0 Å². The second-order valence-electron chi connectivity index (χ2n) is 5.54. The lowest BCUT2D eigenvalue weighted by atomic mass is 10.1. The highest BCUT2D eigenvalue weighted by Crippen LogP contribution is 2.19. The number of amides is 1. The van der Waals surface area contributed by atoms with E-state index in [-0.39, 0.29) is 5.91 Å². The van der Waals surface area contributed by atoms with Gasteiger partial charge in [-0.2, -0.15) is 5.10 Å². The molecular formula is C16H19ClN4O. The van der Waals surface area contributed by atoms with Crippen LogP contribution in [0.1, 0.15) is 28.9 Å². The number of rotatable bonds is 5. The molecule has 0 saturated carbocycles. The Balaban J connectivity index is 1.79. The maximum Gasteiger partial charge on any atom is 0.272 e. The van der Waals surface area contributed by atoms with Crippen molar-refractivity contribution in [3.05, 3.63) is 52.8 Å². The number of H-pyrrole nitrogens is 1. The molecular weight excluding hydrogens is 300 g/mol. The van der Waals surface area contributed by atoms with E-state index in [1.54, 1.807) is 12.3 Å². The number of benzene rings is 1. The van der Waals surface area contributed by atoms with Gasteiger partial charge in [0, 0.05) is 30.4 Å². The van der Waals surface area contributed by atoms with Crippen molar-refractivity contribution in [2.24, 2.45) is 0 Å². The predicted molar refractivity (Wildman–Crippen MR) is 85.8 cm³/mol. The zero-order valence-corrected chi connectivity index (χ0v) is 13.0. The van der Waals surface area contributed by atoms with E-state index < -0.39 is 0 Å². The Morgan fingerprint density at radius 2 is 2.23 bits per heavy atom. The first-order chi connectivity index (χ1) is 10.7. The third kappa shape index (κ3) is 3.48. The second kappa shape index (κ2) is 6.94. The molecule has 1 unspecified atom stereocenters. The van der Waals surface area contributed by atoms with E-state index in [0.717, 1.165) is 24.9 Å². The predicted octanol–water partition coefficient (Wildman–Crippen LogP) is 2.46. The van der Waals surface area contributed by atoms with Crippen LogP contribution in [0.2, 0.25) is 5.02 Å². The number of hydrogen-bond acceptors (Lipinski definition) is 3. The normalized spacial score (nSPS) is 17.6. The van der Waals surface area contributed by atoms with Crippen molar-refractivity contribution in [3.63, 3.8) is 0 Å². The minimum absolute atomic E-state index is 0.0499. The Labute approximate surface area is 134 Å². The minimum atomic E-state index is -0.0499. The molecule has 1 aromatic carbocycles. The zero-order chi connectivity index (χ0) is 15.4. The van der Waals surface area contributed by atoms with Crippen LogP contribution in [0.3, 0.4) is 0 Å². The van der Waals surface area contributed by atoms with Gasteiger partial charge in [0.1, 0.15) is 5.69 Å². The maximum atomic E-state index is 12.7. The Bertz CT molecular complexity index is 623. The van der Waals surface area contributed by atoms with E-state index >= 15 is 0 Å². The molecule has 1 aromatic heterocycles. The number of carbonyl (C=O) groups is 1. The van der Waals surface area contributed by atoms with Gasteiger partial charge in [-0.05, 0) is 37.1 Å². The fraction of sp³-hybridized carbons (Fsp3) is 0.375. The lowest BCUT2D eigenvalue weighted by Crippen LogP contribution is -2.41.